The Labute approximate surface area is 206 Å². The molecule has 4 heterocycles. The van der Waals surface area contributed by atoms with Crippen LogP contribution in [-0.2, 0) is 0 Å². The molecule has 0 atom stereocenters. The second kappa shape index (κ2) is 13.8. The molecule has 0 saturated heterocycles. The molecule has 0 saturated carbocycles. The van der Waals surface area contributed by atoms with Crippen LogP contribution in [0.2, 0.25) is 0 Å². The lowest BCUT2D eigenvalue weighted by Gasteiger charge is -2.07. The lowest BCUT2D eigenvalue weighted by atomic mass is 10.1. The van der Waals surface area contributed by atoms with E-state index in [2.05, 4.69) is 81.6 Å². The predicted molar refractivity (Wildman–Crippen MR) is 145 cm³/mol. The molecule has 188 valence electrons. The van der Waals surface area contributed by atoms with Crippen molar-refractivity contribution in [2.45, 2.75) is 107 Å². The first-order valence-corrected chi connectivity index (χ1v) is 12.9. The second-order valence-corrected chi connectivity index (χ2v) is 9.05. The Balaban J connectivity index is 0.000000297. The number of rotatable bonds is 4. The number of fused-ring (bicyclic) bond motifs is 2. The lowest BCUT2D eigenvalue weighted by molar-refractivity contribution is 0.713. The highest BCUT2D eigenvalue weighted by molar-refractivity contribution is 5.48. The standard InChI is InChI=1S/2C12H17N3.2C2H6/c1-8(2)10-7-13-15-6-5-11(9(3)4)14-12(10)15;1-8(2)10-5-6-12-13-7-11(9(3)4)15(12)14-10;2*1-2/h2*5-9H,1-4H3;2*1-2H3. The van der Waals surface area contributed by atoms with Crippen LogP contribution >= 0.6 is 0 Å². The molecule has 6 nitrogen and oxygen atoms in total. The molecule has 0 amide bonds. The van der Waals surface area contributed by atoms with Gasteiger partial charge in [-0.15, -0.1) is 0 Å². The minimum Gasteiger partial charge on any atom is -0.235 e. The van der Waals surface area contributed by atoms with Crippen molar-refractivity contribution in [2.75, 3.05) is 0 Å². The van der Waals surface area contributed by atoms with E-state index in [1.54, 1.807) is 0 Å². The molecule has 0 aliphatic rings. The Bertz CT molecular complexity index is 1030. The molecule has 0 aromatic carbocycles. The third kappa shape index (κ3) is 7.12. The quantitative estimate of drug-likeness (QED) is 0.305. The Hall–Kier alpha value is -2.76. The van der Waals surface area contributed by atoms with Crippen LogP contribution in [0.25, 0.3) is 11.3 Å². The van der Waals surface area contributed by atoms with Gasteiger partial charge in [-0.1, -0.05) is 83.1 Å². The first kappa shape index (κ1) is 29.3. The van der Waals surface area contributed by atoms with Gasteiger partial charge in [-0.25, -0.2) is 19.0 Å². The first-order chi connectivity index (χ1) is 16.2. The number of imidazole rings is 1. The summed E-state index contributed by atoms with van der Waals surface area (Å²) in [6.07, 6.45) is 5.82. The fourth-order valence-corrected chi connectivity index (χ4v) is 3.24. The van der Waals surface area contributed by atoms with Crippen molar-refractivity contribution in [3.63, 3.8) is 0 Å². The molecule has 0 radical (unpaired) electrons. The van der Waals surface area contributed by atoms with E-state index in [4.69, 9.17) is 0 Å². The first-order valence-electron chi connectivity index (χ1n) is 12.9. The summed E-state index contributed by atoms with van der Waals surface area (Å²) < 4.78 is 3.81. The van der Waals surface area contributed by atoms with Crippen LogP contribution < -0.4 is 0 Å². The SMILES string of the molecule is CC.CC.CC(C)c1ccc2ncc(C(C)C)n2n1.CC(C)c1ccn2ncc(C(C)C)c2n1. The summed E-state index contributed by atoms with van der Waals surface area (Å²) in [4.78, 5) is 9.00. The number of hydrogen-bond acceptors (Lipinski definition) is 4. The van der Waals surface area contributed by atoms with Crippen molar-refractivity contribution in [2.24, 2.45) is 0 Å². The molecule has 4 aromatic rings. The molecular weight excluding hydrogens is 420 g/mol. The maximum absolute atomic E-state index is 4.66. The van der Waals surface area contributed by atoms with Crippen LogP contribution in [0.3, 0.4) is 0 Å². The van der Waals surface area contributed by atoms with E-state index in [1.807, 2.05) is 67.4 Å². The smallest absolute Gasteiger partial charge is 0.158 e. The third-order valence-electron chi connectivity index (χ3n) is 5.22. The zero-order chi connectivity index (χ0) is 26.0. The van der Waals surface area contributed by atoms with E-state index in [0.717, 1.165) is 22.7 Å². The molecule has 4 rings (SSSR count). The van der Waals surface area contributed by atoms with Gasteiger partial charge in [0, 0.05) is 17.5 Å². The highest BCUT2D eigenvalue weighted by atomic mass is 15.3. The second-order valence-electron chi connectivity index (χ2n) is 9.05. The average molecular weight is 467 g/mol. The number of hydrogen-bond donors (Lipinski definition) is 0. The summed E-state index contributed by atoms with van der Waals surface area (Å²) in [5.74, 6) is 1.84. The predicted octanol–water partition coefficient (Wildman–Crippen LogP) is 8.00. The molecule has 6 heteroatoms. The minimum atomic E-state index is 0.454. The molecule has 0 bridgehead atoms. The van der Waals surface area contributed by atoms with E-state index < -0.39 is 0 Å². The summed E-state index contributed by atoms with van der Waals surface area (Å²) >= 11 is 0. The van der Waals surface area contributed by atoms with Crippen LogP contribution in [0.15, 0.2) is 36.8 Å². The van der Waals surface area contributed by atoms with Gasteiger partial charge >= 0.3 is 0 Å². The van der Waals surface area contributed by atoms with Gasteiger partial charge in [0.25, 0.3) is 0 Å². The van der Waals surface area contributed by atoms with Crippen molar-refractivity contribution in [1.82, 2.24) is 29.2 Å². The van der Waals surface area contributed by atoms with Crippen LogP contribution in [0.5, 0.6) is 0 Å². The minimum absolute atomic E-state index is 0.454. The van der Waals surface area contributed by atoms with Crippen molar-refractivity contribution in [3.8, 4) is 0 Å². The summed E-state index contributed by atoms with van der Waals surface area (Å²) in [7, 11) is 0. The van der Waals surface area contributed by atoms with E-state index >= 15 is 0 Å². The van der Waals surface area contributed by atoms with Crippen molar-refractivity contribution >= 4 is 11.3 Å². The Kier molecular flexibility index (Phi) is 11.9. The van der Waals surface area contributed by atoms with Crippen molar-refractivity contribution in [1.29, 1.82) is 0 Å². The van der Waals surface area contributed by atoms with Gasteiger partial charge in [0.2, 0.25) is 0 Å². The van der Waals surface area contributed by atoms with Gasteiger partial charge < -0.3 is 0 Å². The van der Waals surface area contributed by atoms with E-state index in [-0.39, 0.29) is 0 Å². The molecule has 0 aliphatic heterocycles. The Morgan fingerprint density at radius 2 is 1.29 bits per heavy atom. The molecule has 0 fully saturated rings. The van der Waals surface area contributed by atoms with Crippen LogP contribution in [-0.4, -0.2) is 29.2 Å². The molecular formula is C28H46N6. The highest BCUT2D eigenvalue weighted by Crippen LogP contribution is 2.21. The molecule has 0 spiro atoms. The van der Waals surface area contributed by atoms with Gasteiger partial charge in [0.05, 0.1) is 23.8 Å². The molecule has 34 heavy (non-hydrogen) atoms. The maximum atomic E-state index is 4.66. The van der Waals surface area contributed by atoms with Crippen molar-refractivity contribution in [3.05, 3.63) is 59.4 Å². The van der Waals surface area contributed by atoms with Crippen LogP contribution in [0, 0.1) is 0 Å². The monoisotopic (exact) mass is 466 g/mol. The Morgan fingerprint density at radius 1 is 0.676 bits per heavy atom. The largest absolute Gasteiger partial charge is 0.235 e. The number of nitrogens with zero attached hydrogens (tertiary/aromatic N) is 6. The Morgan fingerprint density at radius 3 is 1.82 bits per heavy atom. The zero-order valence-corrected chi connectivity index (χ0v) is 23.5. The van der Waals surface area contributed by atoms with Crippen LogP contribution in [0.1, 0.15) is 129 Å². The molecule has 0 unspecified atom stereocenters. The molecule has 4 aromatic heterocycles. The average Bonchev–Trinajstić information content (AvgIpc) is 3.45. The van der Waals surface area contributed by atoms with Crippen LogP contribution in [0.4, 0.5) is 0 Å². The fourth-order valence-electron chi connectivity index (χ4n) is 3.24. The fraction of sp³-hybridized carbons (Fsp3) is 0.571. The molecule has 0 aliphatic carbocycles. The van der Waals surface area contributed by atoms with Gasteiger partial charge in [0.1, 0.15) is 0 Å². The summed E-state index contributed by atoms with van der Waals surface area (Å²) in [5, 5.41) is 8.90. The lowest BCUT2D eigenvalue weighted by Crippen LogP contribution is -2.03. The van der Waals surface area contributed by atoms with E-state index in [0.29, 0.717) is 23.7 Å². The maximum Gasteiger partial charge on any atom is 0.158 e. The van der Waals surface area contributed by atoms with Crippen molar-refractivity contribution < 1.29 is 0 Å². The normalized spacial score (nSPS) is 10.8. The zero-order valence-electron chi connectivity index (χ0n) is 23.5. The van der Waals surface area contributed by atoms with Gasteiger partial charge in [0.15, 0.2) is 11.3 Å². The van der Waals surface area contributed by atoms with E-state index in [1.165, 1.54) is 11.3 Å². The van der Waals surface area contributed by atoms with Gasteiger partial charge in [-0.2, -0.15) is 10.2 Å². The van der Waals surface area contributed by atoms with E-state index in [9.17, 15) is 0 Å². The van der Waals surface area contributed by atoms with Gasteiger partial charge in [-0.05, 0) is 41.9 Å². The summed E-state index contributed by atoms with van der Waals surface area (Å²) in [6.45, 7) is 25.3. The third-order valence-corrected chi connectivity index (χ3v) is 5.22. The summed E-state index contributed by atoms with van der Waals surface area (Å²) in [6, 6.07) is 6.13. The number of aromatic nitrogens is 6. The molecule has 0 N–H and O–H groups in total. The van der Waals surface area contributed by atoms with Gasteiger partial charge in [-0.3, -0.25) is 0 Å². The summed E-state index contributed by atoms with van der Waals surface area (Å²) in [5.41, 5.74) is 6.57. The highest BCUT2D eigenvalue weighted by Gasteiger charge is 2.11. The topological polar surface area (TPSA) is 60.4 Å².